The van der Waals surface area contributed by atoms with Gasteiger partial charge in [-0.15, -0.1) is 6.58 Å². The van der Waals surface area contributed by atoms with E-state index < -0.39 is 12.4 Å². The maximum atomic E-state index is 15.1. The second-order valence-corrected chi connectivity index (χ2v) is 8.58. The van der Waals surface area contributed by atoms with E-state index in [2.05, 4.69) is 27.5 Å². The molecule has 0 spiro atoms. The summed E-state index contributed by atoms with van der Waals surface area (Å²) in [5.41, 5.74) is 2.20. The van der Waals surface area contributed by atoms with E-state index in [0.29, 0.717) is 50.9 Å². The monoisotopic (exact) mass is 531 g/mol. The molecule has 34 heavy (non-hydrogen) atoms. The predicted octanol–water partition coefficient (Wildman–Crippen LogP) is 6.07. The molecule has 0 aliphatic heterocycles. The first-order valence-corrected chi connectivity index (χ1v) is 11.3. The molecular weight excluding hydrogens is 511 g/mol. The molecule has 2 aromatic heterocycles. The first-order valence-electron chi connectivity index (χ1n) is 10.5. The van der Waals surface area contributed by atoms with Gasteiger partial charge in [0, 0.05) is 53.0 Å². The molecule has 5 nitrogen and oxygen atoms in total. The molecule has 0 atom stereocenters. The molecule has 0 fully saturated rings. The Labute approximate surface area is 202 Å². The minimum absolute atomic E-state index is 0.0429. The number of aryl methyl sites for hydroxylation is 2. The largest absolute Gasteiger partial charge is 0.434 e. The molecule has 0 amide bonds. The number of fused-ring (bicyclic) bond motifs is 1. The lowest BCUT2D eigenvalue weighted by Gasteiger charge is -2.15. The Balaban J connectivity index is 1.90. The van der Waals surface area contributed by atoms with E-state index in [4.69, 9.17) is 4.74 Å². The molecule has 4 rings (SSSR count). The summed E-state index contributed by atoms with van der Waals surface area (Å²) in [5, 5.41) is 0. The van der Waals surface area contributed by atoms with Gasteiger partial charge in [-0.2, -0.15) is 8.78 Å². The number of rotatable bonds is 8. The van der Waals surface area contributed by atoms with Gasteiger partial charge in [0.15, 0.2) is 0 Å². The van der Waals surface area contributed by atoms with Crippen molar-refractivity contribution in [2.75, 3.05) is 0 Å². The molecule has 0 saturated heterocycles. The van der Waals surface area contributed by atoms with Crippen LogP contribution in [0.5, 0.6) is 5.75 Å². The highest BCUT2D eigenvalue weighted by Gasteiger charge is 2.19. The Morgan fingerprint density at radius 1 is 1.24 bits per heavy atom. The van der Waals surface area contributed by atoms with Gasteiger partial charge >= 0.3 is 6.61 Å². The van der Waals surface area contributed by atoms with E-state index in [1.165, 1.54) is 22.8 Å². The Morgan fingerprint density at radius 2 is 2.03 bits per heavy atom. The van der Waals surface area contributed by atoms with E-state index in [-0.39, 0.29) is 17.9 Å². The molecule has 4 aromatic rings. The van der Waals surface area contributed by atoms with Crippen molar-refractivity contribution in [2.45, 2.75) is 26.0 Å². The summed E-state index contributed by atoms with van der Waals surface area (Å²) in [5.74, 6) is 0.223. The summed E-state index contributed by atoms with van der Waals surface area (Å²) in [6.07, 6.45) is 4.48. The van der Waals surface area contributed by atoms with Crippen LogP contribution in [0.4, 0.5) is 13.2 Å². The van der Waals surface area contributed by atoms with Crippen LogP contribution >= 0.6 is 15.9 Å². The van der Waals surface area contributed by atoms with Gasteiger partial charge in [0.05, 0.1) is 17.6 Å². The van der Waals surface area contributed by atoms with Crippen molar-refractivity contribution >= 4 is 27.0 Å². The molecule has 0 N–H and O–H groups in total. The van der Waals surface area contributed by atoms with E-state index in [9.17, 15) is 13.6 Å². The Kier molecular flexibility index (Phi) is 6.92. The SMILES string of the molecule is C=CCCc1nc2cc(F)c(-c3ccc(=O)n(C)c3)cc2n1Cc1c(Br)cccc1OC(F)F. The van der Waals surface area contributed by atoms with Crippen LogP contribution in [0.1, 0.15) is 17.8 Å². The summed E-state index contributed by atoms with van der Waals surface area (Å²) in [4.78, 5) is 16.4. The van der Waals surface area contributed by atoms with Crippen LogP contribution in [0, 0.1) is 5.82 Å². The second-order valence-electron chi connectivity index (χ2n) is 7.72. The lowest BCUT2D eigenvalue weighted by atomic mass is 10.1. The minimum atomic E-state index is -2.97. The average Bonchev–Trinajstić information content (AvgIpc) is 3.11. The van der Waals surface area contributed by atoms with Gasteiger partial charge in [0.2, 0.25) is 5.56 Å². The number of imidazole rings is 1. The molecule has 0 saturated carbocycles. The van der Waals surface area contributed by atoms with Gasteiger partial charge < -0.3 is 13.9 Å². The van der Waals surface area contributed by atoms with Gasteiger partial charge in [-0.05, 0) is 30.7 Å². The highest BCUT2D eigenvalue weighted by Crippen LogP contribution is 2.33. The normalized spacial score (nSPS) is 11.4. The molecule has 176 valence electrons. The van der Waals surface area contributed by atoms with E-state index in [0.717, 1.165) is 0 Å². The quantitative estimate of drug-likeness (QED) is 0.259. The van der Waals surface area contributed by atoms with Crippen molar-refractivity contribution in [3.8, 4) is 16.9 Å². The molecule has 0 unspecified atom stereocenters. The Bertz CT molecular complexity index is 1430. The topological polar surface area (TPSA) is 49.0 Å². The van der Waals surface area contributed by atoms with Gasteiger partial charge in [0.1, 0.15) is 17.4 Å². The number of nitrogens with zero attached hydrogens (tertiary/aromatic N) is 3. The fourth-order valence-electron chi connectivity index (χ4n) is 3.83. The molecular formula is C25H21BrF3N3O2. The smallest absolute Gasteiger partial charge is 0.387 e. The number of pyridine rings is 1. The standard InChI is InChI=1S/C25H21BrF3N3O2/c1-3-4-8-23-30-20-12-19(27)16(15-9-10-24(33)31(2)13-15)11-21(20)32(23)14-17-18(26)6-5-7-22(17)34-25(28)29/h3,5-7,9-13,25H,1,4,8,14H2,2H3. The number of ether oxygens (including phenoxy) is 1. The summed E-state index contributed by atoms with van der Waals surface area (Å²) >= 11 is 3.43. The van der Waals surface area contributed by atoms with Crippen LogP contribution < -0.4 is 10.3 Å². The van der Waals surface area contributed by atoms with Crippen LogP contribution in [0.25, 0.3) is 22.2 Å². The fraction of sp³-hybridized carbons (Fsp3) is 0.200. The average molecular weight is 532 g/mol. The van der Waals surface area contributed by atoms with Crippen molar-refractivity contribution in [2.24, 2.45) is 7.05 Å². The third-order valence-corrected chi connectivity index (χ3v) is 6.24. The number of alkyl halides is 2. The number of hydrogen-bond acceptors (Lipinski definition) is 3. The number of hydrogen-bond donors (Lipinski definition) is 0. The van der Waals surface area contributed by atoms with Crippen molar-refractivity contribution in [1.29, 1.82) is 0 Å². The number of benzene rings is 2. The molecule has 0 aliphatic rings. The van der Waals surface area contributed by atoms with Gasteiger partial charge in [-0.1, -0.05) is 28.1 Å². The molecule has 2 aromatic carbocycles. The first-order chi connectivity index (χ1) is 16.3. The van der Waals surface area contributed by atoms with Crippen LogP contribution in [-0.2, 0) is 20.0 Å². The first kappa shape index (κ1) is 23.8. The number of allylic oxidation sites excluding steroid dienone is 1. The van der Waals surface area contributed by atoms with Crippen molar-refractivity contribution in [3.63, 3.8) is 0 Å². The highest BCUT2D eigenvalue weighted by molar-refractivity contribution is 9.10. The van der Waals surface area contributed by atoms with E-state index >= 15 is 4.39 Å². The maximum absolute atomic E-state index is 15.1. The summed E-state index contributed by atoms with van der Waals surface area (Å²) in [6.45, 7) is 0.949. The van der Waals surface area contributed by atoms with Crippen molar-refractivity contribution in [3.05, 3.63) is 93.3 Å². The third kappa shape index (κ3) is 4.79. The zero-order chi connectivity index (χ0) is 24.4. The molecule has 2 heterocycles. The van der Waals surface area contributed by atoms with Crippen LogP contribution in [0.15, 0.2) is 70.6 Å². The van der Waals surface area contributed by atoms with E-state index in [1.54, 1.807) is 43.6 Å². The molecule has 9 heteroatoms. The zero-order valence-corrected chi connectivity index (χ0v) is 19.9. The zero-order valence-electron chi connectivity index (χ0n) is 18.3. The van der Waals surface area contributed by atoms with E-state index in [1.807, 2.05) is 4.57 Å². The third-order valence-electron chi connectivity index (χ3n) is 5.49. The lowest BCUT2D eigenvalue weighted by molar-refractivity contribution is -0.0505. The minimum Gasteiger partial charge on any atom is -0.434 e. The van der Waals surface area contributed by atoms with Gasteiger partial charge in [0.25, 0.3) is 0 Å². The molecule has 0 aliphatic carbocycles. The molecule has 0 radical (unpaired) electrons. The molecule has 0 bridgehead atoms. The summed E-state index contributed by atoms with van der Waals surface area (Å²) in [7, 11) is 1.59. The summed E-state index contributed by atoms with van der Waals surface area (Å²) < 4.78 is 49.7. The highest BCUT2D eigenvalue weighted by atomic mass is 79.9. The second kappa shape index (κ2) is 9.89. The van der Waals surface area contributed by atoms with Crippen LogP contribution in [0.2, 0.25) is 0 Å². The van der Waals surface area contributed by atoms with Crippen molar-refractivity contribution in [1.82, 2.24) is 14.1 Å². The van der Waals surface area contributed by atoms with Crippen LogP contribution in [-0.4, -0.2) is 20.7 Å². The Morgan fingerprint density at radius 3 is 2.74 bits per heavy atom. The Hall–Kier alpha value is -3.33. The maximum Gasteiger partial charge on any atom is 0.387 e. The lowest BCUT2D eigenvalue weighted by Crippen LogP contribution is -2.14. The van der Waals surface area contributed by atoms with Gasteiger partial charge in [-0.3, -0.25) is 4.79 Å². The van der Waals surface area contributed by atoms with Crippen molar-refractivity contribution < 1.29 is 17.9 Å². The number of aromatic nitrogens is 3. The van der Waals surface area contributed by atoms with Gasteiger partial charge in [-0.25, -0.2) is 9.37 Å². The fourth-order valence-corrected chi connectivity index (χ4v) is 4.30. The number of halogens is 4. The predicted molar refractivity (Wildman–Crippen MR) is 129 cm³/mol. The van der Waals surface area contributed by atoms with Crippen LogP contribution in [0.3, 0.4) is 0 Å². The summed E-state index contributed by atoms with van der Waals surface area (Å²) in [6, 6.07) is 10.8.